The van der Waals surface area contributed by atoms with Crippen molar-refractivity contribution in [2.45, 2.75) is 117 Å². The van der Waals surface area contributed by atoms with Crippen molar-refractivity contribution < 1.29 is 38.1 Å². The monoisotopic (exact) mass is 764 g/mol. The zero-order chi connectivity index (χ0) is 39.4. The zero-order valence-electron chi connectivity index (χ0n) is 33.8. The summed E-state index contributed by atoms with van der Waals surface area (Å²) in [5.74, 6) is 0.927. The highest BCUT2D eigenvalue weighted by Gasteiger charge is 2.68. The molecule has 0 unspecified atom stereocenters. The van der Waals surface area contributed by atoms with Gasteiger partial charge in [-0.25, -0.2) is 4.79 Å². The summed E-state index contributed by atoms with van der Waals surface area (Å²) in [5, 5.41) is 0. The lowest BCUT2D eigenvalue weighted by Crippen LogP contribution is -2.63. The van der Waals surface area contributed by atoms with Crippen LogP contribution in [-0.2, 0) is 33.3 Å². The fraction of sp³-hybridized carbons (Fsp3) is 0.625. The molecular formula is C48H60O8. The fourth-order valence-corrected chi connectivity index (χ4v) is 13.3. The van der Waals surface area contributed by atoms with Crippen molar-refractivity contribution in [3.05, 3.63) is 72.3 Å². The van der Waals surface area contributed by atoms with Gasteiger partial charge in [-0.05, 0) is 134 Å². The van der Waals surface area contributed by atoms with Crippen LogP contribution in [0, 0.1) is 64.1 Å². The van der Waals surface area contributed by atoms with Crippen LogP contribution in [0.15, 0.2) is 66.7 Å². The van der Waals surface area contributed by atoms with Crippen LogP contribution in [0.5, 0.6) is 0 Å². The first-order valence-corrected chi connectivity index (χ1v) is 21.4. The van der Waals surface area contributed by atoms with Crippen LogP contribution in [0.2, 0.25) is 0 Å². The smallest absolute Gasteiger partial charge is 0.338 e. The average molecular weight is 765 g/mol. The van der Waals surface area contributed by atoms with E-state index in [4.69, 9.17) is 18.9 Å². The molecule has 8 rings (SSSR count). The van der Waals surface area contributed by atoms with Gasteiger partial charge in [-0.3, -0.25) is 14.4 Å². The van der Waals surface area contributed by atoms with E-state index in [0.29, 0.717) is 43.1 Å². The van der Waals surface area contributed by atoms with Gasteiger partial charge in [0.05, 0.1) is 18.6 Å². The standard InChI is InChI=1S/C48H60O8/c1-28(11-20-43(50)53-5)38-18-19-39-44-40(27-42(48(38,39)4)54-29(2)49)47(3)22-21-36(55-46(52)37-24-30-12-13-34(37)23-30)25-35(47)26-41(44)56-45(51)33-16-14-32(15-17-33)31-9-7-6-8-10-31/h6-10,12-17,28,30,34-42,44H,11,18-27H2,1-5H3/t28-,30-,34+,35-,36-,37-,38-,39+,40+,41-,42+,44+,47+,48-/m1/s1. The Kier molecular flexibility index (Phi) is 10.7. The number of ether oxygens (including phenoxy) is 4. The second-order valence-corrected chi connectivity index (χ2v) is 18.8. The summed E-state index contributed by atoms with van der Waals surface area (Å²) < 4.78 is 24.5. The van der Waals surface area contributed by atoms with Crippen molar-refractivity contribution in [3.63, 3.8) is 0 Å². The van der Waals surface area contributed by atoms with E-state index in [9.17, 15) is 19.2 Å². The van der Waals surface area contributed by atoms with E-state index >= 15 is 0 Å². The van der Waals surface area contributed by atoms with E-state index in [1.807, 2.05) is 42.5 Å². The van der Waals surface area contributed by atoms with Crippen molar-refractivity contribution in [3.8, 4) is 11.1 Å². The average Bonchev–Trinajstić information content (AvgIpc) is 3.93. The van der Waals surface area contributed by atoms with Crippen molar-refractivity contribution in [1.29, 1.82) is 0 Å². The minimum atomic E-state index is -0.352. The van der Waals surface area contributed by atoms with Crippen LogP contribution >= 0.6 is 0 Å². The Morgan fingerprint density at radius 3 is 2.23 bits per heavy atom. The number of hydrogen-bond donors (Lipinski definition) is 0. The Hall–Kier alpha value is -3.94. The van der Waals surface area contributed by atoms with Crippen LogP contribution in [0.4, 0.5) is 0 Å². The number of methoxy groups -OCH3 is 1. The molecule has 0 spiro atoms. The Bertz CT molecular complexity index is 1820. The van der Waals surface area contributed by atoms with E-state index < -0.39 is 0 Å². The minimum absolute atomic E-state index is 0.0399. The first kappa shape index (κ1) is 38.9. The molecule has 0 radical (unpaired) electrons. The van der Waals surface area contributed by atoms with Crippen LogP contribution in [-0.4, -0.2) is 49.3 Å². The summed E-state index contributed by atoms with van der Waals surface area (Å²) in [6.45, 7) is 8.46. The van der Waals surface area contributed by atoms with E-state index in [0.717, 1.165) is 56.1 Å². The van der Waals surface area contributed by atoms with Gasteiger partial charge in [0.15, 0.2) is 0 Å². The van der Waals surface area contributed by atoms with E-state index in [1.54, 1.807) is 0 Å². The third kappa shape index (κ3) is 7.01. The Labute approximate surface area is 332 Å². The molecule has 8 nitrogen and oxygen atoms in total. The molecule has 300 valence electrons. The summed E-state index contributed by atoms with van der Waals surface area (Å²) in [6, 6.07) is 17.8. The van der Waals surface area contributed by atoms with Crippen molar-refractivity contribution in [2.75, 3.05) is 7.11 Å². The van der Waals surface area contributed by atoms with Gasteiger partial charge in [-0.1, -0.05) is 75.4 Å². The van der Waals surface area contributed by atoms with Gasteiger partial charge in [0.25, 0.3) is 0 Å². The molecule has 14 atom stereocenters. The topological polar surface area (TPSA) is 105 Å². The highest BCUT2D eigenvalue weighted by atomic mass is 16.6. The summed E-state index contributed by atoms with van der Waals surface area (Å²) in [7, 11) is 1.43. The van der Waals surface area contributed by atoms with Crippen LogP contribution in [0.3, 0.4) is 0 Å². The molecular weight excluding hydrogens is 705 g/mol. The first-order valence-electron chi connectivity index (χ1n) is 21.4. The Balaban J connectivity index is 1.09. The third-order valence-corrected chi connectivity index (χ3v) is 16.1. The molecule has 2 aromatic carbocycles. The molecule has 6 aliphatic carbocycles. The first-order chi connectivity index (χ1) is 26.9. The molecule has 5 saturated carbocycles. The fourth-order valence-electron chi connectivity index (χ4n) is 13.3. The summed E-state index contributed by atoms with van der Waals surface area (Å²) in [4.78, 5) is 52.9. The lowest BCUT2D eigenvalue weighted by Gasteiger charge is -2.64. The number of fused-ring (bicyclic) bond motifs is 7. The lowest BCUT2D eigenvalue weighted by molar-refractivity contribution is -0.219. The molecule has 5 fully saturated rings. The molecule has 56 heavy (non-hydrogen) atoms. The number of carbonyl (C=O) groups is 4. The third-order valence-electron chi connectivity index (χ3n) is 16.1. The van der Waals surface area contributed by atoms with Gasteiger partial charge in [0, 0.05) is 24.7 Å². The van der Waals surface area contributed by atoms with Crippen LogP contribution in [0.1, 0.15) is 109 Å². The van der Waals surface area contributed by atoms with Crippen molar-refractivity contribution in [2.24, 2.45) is 64.1 Å². The van der Waals surface area contributed by atoms with Crippen LogP contribution < -0.4 is 0 Å². The summed E-state index contributed by atoms with van der Waals surface area (Å²) in [6.07, 6.45) is 12.5. The molecule has 0 aromatic heterocycles. The number of benzene rings is 2. The molecule has 0 N–H and O–H groups in total. The molecule has 0 aliphatic heterocycles. The highest BCUT2D eigenvalue weighted by molar-refractivity contribution is 5.90. The van der Waals surface area contributed by atoms with Gasteiger partial charge >= 0.3 is 23.9 Å². The summed E-state index contributed by atoms with van der Waals surface area (Å²) >= 11 is 0. The Morgan fingerprint density at radius 2 is 1.55 bits per heavy atom. The molecule has 0 saturated heterocycles. The number of esters is 4. The number of allylic oxidation sites excluding steroid dienone is 2. The molecule has 2 bridgehead atoms. The maximum Gasteiger partial charge on any atom is 0.338 e. The second-order valence-electron chi connectivity index (χ2n) is 18.8. The number of carbonyl (C=O) groups excluding carboxylic acids is 4. The lowest BCUT2D eigenvalue weighted by atomic mass is 9.43. The maximum absolute atomic E-state index is 14.2. The predicted molar refractivity (Wildman–Crippen MR) is 212 cm³/mol. The van der Waals surface area contributed by atoms with Gasteiger partial charge in [0.2, 0.25) is 0 Å². The number of rotatable bonds is 10. The predicted octanol–water partition coefficient (Wildman–Crippen LogP) is 9.40. The summed E-state index contributed by atoms with van der Waals surface area (Å²) in [5.41, 5.74) is 2.21. The van der Waals surface area contributed by atoms with Gasteiger partial charge in [-0.2, -0.15) is 0 Å². The normalized spacial score (nSPS) is 38.4. The van der Waals surface area contributed by atoms with Crippen molar-refractivity contribution in [1.82, 2.24) is 0 Å². The van der Waals surface area contributed by atoms with Gasteiger partial charge < -0.3 is 18.9 Å². The van der Waals surface area contributed by atoms with Crippen LogP contribution in [0.25, 0.3) is 11.1 Å². The van der Waals surface area contributed by atoms with Gasteiger partial charge in [-0.15, -0.1) is 0 Å². The molecule has 0 amide bonds. The molecule has 0 heterocycles. The second kappa shape index (κ2) is 15.4. The SMILES string of the molecule is COC(=O)CC[C@@H](C)[C@H]1CC[C@H]2[C@@H]3[C@H](OC(=O)c4ccc(-c5ccccc5)cc4)C[C@H]4C[C@H](OC(=O)[C@@H]5C[C@@H]6C=C[C@H]5C6)CC[C@]4(C)[C@H]3C[C@H](OC(C)=O)[C@]12C. The van der Waals surface area contributed by atoms with E-state index in [2.05, 4.69) is 45.1 Å². The molecule has 2 aromatic rings. The zero-order valence-corrected chi connectivity index (χ0v) is 33.8. The number of hydrogen-bond acceptors (Lipinski definition) is 8. The largest absolute Gasteiger partial charge is 0.469 e. The molecule has 8 heteroatoms. The maximum atomic E-state index is 14.2. The Morgan fingerprint density at radius 1 is 0.804 bits per heavy atom. The molecule has 6 aliphatic rings. The van der Waals surface area contributed by atoms with Gasteiger partial charge in [0.1, 0.15) is 18.3 Å². The minimum Gasteiger partial charge on any atom is -0.469 e. The highest BCUT2D eigenvalue weighted by Crippen LogP contribution is 2.69. The quantitative estimate of drug-likeness (QED) is 0.134. The van der Waals surface area contributed by atoms with Crippen molar-refractivity contribution >= 4 is 23.9 Å². The van der Waals surface area contributed by atoms with E-state index in [1.165, 1.54) is 14.0 Å². The van der Waals surface area contributed by atoms with E-state index in [-0.39, 0.29) is 94.4 Å².